The molecule has 0 spiro atoms. The molecule has 0 fully saturated rings. The minimum atomic E-state index is -0.582. The zero-order valence-corrected chi connectivity index (χ0v) is 12.6. The fraction of sp³-hybridized carbons (Fsp3) is 0.375. The van der Waals surface area contributed by atoms with E-state index in [2.05, 4.69) is 9.97 Å². The molecule has 6 nitrogen and oxygen atoms in total. The largest absolute Gasteiger partial charge is 0.469 e. The minimum absolute atomic E-state index is 0.282. The molecule has 6 heteroatoms. The van der Waals surface area contributed by atoms with Gasteiger partial charge in [-0.2, -0.15) is 0 Å². The molecule has 1 heterocycles. The van der Waals surface area contributed by atoms with Gasteiger partial charge in [-0.15, -0.1) is 0 Å². The predicted octanol–water partition coefficient (Wildman–Crippen LogP) is 1.86. The number of ether oxygens (including phenoxy) is 2. The number of esters is 2. The zero-order chi connectivity index (χ0) is 15.9. The molecule has 2 aromatic rings. The Balaban J connectivity index is 2.19. The Kier molecular flexibility index (Phi) is 3.52. The molecule has 1 aliphatic carbocycles. The van der Waals surface area contributed by atoms with Gasteiger partial charge in [0.1, 0.15) is 11.8 Å². The van der Waals surface area contributed by atoms with E-state index < -0.39 is 23.8 Å². The number of hydrogen-bond acceptors (Lipinski definition) is 6. The van der Waals surface area contributed by atoms with Gasteiger partial charge in [-0.25, -0.2) is 9.97 Å². The molecule has 22 heavy (non-hydrogen) atoms. The normalized spacial score (nSPS) is 19.8. The van der Waals surface area contributed by atoms with Crippen LogP contribution in [0, 0.1) is 6.92 Å². The standard InChI is InChI=1S/C16H16N2O4/c1-8-4-5-11-12(6-8)18-14-10(16(20)22-3)7-9(13(14)17-11)15(19)21-2/h4-6,9-10H,7H2,1-3H3/t9-,10+/m1/s1. The van der Waals surface area contributed by atoms with Crippen LogP contribution < -0.4 is 0 Å². The minimum Gasteiger partial charge on any atom is -0.469 e. The number of rotatable bonds is 2. The summed E-state index contributed by atoms with van der Waals surface area (Å²) in [5, 5.41) is 0. The summed E-state index contributed by atoms with van der Waals surface area (Å²) in [6.45, 7) is 1.96. The first-order valence-electron chi connectivity index (χ1n) is 6.99. The van der Waals surface area contributed by atoms with Crippen molar-refractivity contribution in [2.45, 2.75) is 25.2 Å². The third-order valence-corrected chi connectivity index (χ3v) is 3.98. The quantitative estimate of drug-likeness (QED) is 0.788. The molecular weight excluding hydrogens is 284 g/mol. The van der Waals surface area contributed by atoms with E-state index >= 15 is 0 Å². The molecule has 2 atom stereocenters. The van der Waals surface area contributed by atoms with Crippen LogP contribution in [0.1, 0.15) is 35.2 Å². The highest BCUT2D eigenvalue weighted by Crippen LogP contribution is 2.41. The molecule has 3 rings (SSSR count). The lowest BCUT2D eigenvalue weighted by Gasteiger charge is -2.08. The second kappa shape index (κ2) is 5.36. The number of carbonyl (C=O) groups is 2. The lowest BCUT2D eigenvalue weighted by atomic mass is 10.0. The monoisotopic (exact) mass is 300 g/mol. The van der Waals surface area contributed by atoms with Crippen molar-refractivity contribution in [1.82, 2.24) is 9.97 Å². The molecule has 0 saturated heterocycles. The Morgan fingerprint density at radius 1 is 1.00 bits per heavy atom. The van der Waals surface area contributed by atoms with Gasteiger partial charge < -0.3 is 9.47 Å². The van der Waals surface area contributed by atoms with Crippen LogP contribution in [0.25, 0.3) is 11.0 Å². The van der Waals surface area contributed by atoms with E-state index in [1.165, 1.54) is 14.2 Å². The van der Waals surface area contributed by atoms with Crippen molar-refractivity contribution in [3.8, 4) is 0 Å². The highest BCUT2D eigenvalue weighted by atomic mass is 16.5. The number of aryl methyl sites for hydroxylation is 1. The van der Waals surface area contributed by atoms with Crippen LogP contribution in [0.4, 0.5) is 0 Å². The van der Waals surface area contributed by atoms with Crippen LogP contribution in [0.5, 0.6) is 0 Å². The smallest absolute Gasteiger partial charge is 0.314 e. The lowest BCUT2D eigenvalue weighted by molar-refractivity contribution is -0.144. The van der Waals surface area contributed by atoms with Crippen LogP contribution in [-0.4, -0.2) is 36.1 Å². The van der Waals surface area contributed by atoms with Crippen LogP contribution in [-0.2, 0) is 19.1 Å². The van der Waals surface area contributed by atoms with E-state index in [4.69, 9.17) is 9.47 Å². The van der Waals surface area contributed by atoms with Gasteiger partial charge in [0.25, 0.3) is 0 Å². The maximum absolute atomic E-state index is 12.0. The van der Waals surface area contributed by atoms with Crippen LogP contribution >= 0.6 is 0 Å². The second-order valence-corrected chi connectivity index (χ2v) is 5.37. The maximum atomic E-state index is 12.0. The third-order valence-electron chi connectivity index (χ3n) is 3.98. The Labute approximate surface area is 127 Å². The fourth-order valence-corrected chi connectivity index (χ4v) is 2.86. The van der Waals surface area contributed by atoms with Crippen molar-refractivity contribution in [2.75, 3.05) is 14.2 Å². The summed E-state index contributed by atoms with van der Waals surface area (Å²) >= 11 is 0. The Morgan fingerprint density at radius 3 is 2.09 bits per heavy atom. The van der Waals surface area contributed by atoms with E-state index in [0.29, 0.717) is 22.4 Å². The Hall–Kier alpha value is -2.50. The summed E-state index contributed by atoms with van der Waals surface area (Å²) in [5.74, 6) is -1.98. The summed E-state index contributed by atoms with van der Waals surface area (Å²) in [6.07, 6.45) is 0.282. The van der Waals surface area contributed by atoms with Crippen molar-refractivity contribution in [1.29, 1.82) is 0 Å². The van der Waals surface area contributed by atoms with Gasteiger partial charge >= 0.3 is 11.9 Å². The number of fused-ring (bicyclic) bond motifs is 2. The number of nitrogens with zero attached hydrogens (tertiary/aromatic N) is 2. The van der Waals surface area contributed by atoms with Crippen LogP contribution in [0.2, 0.25) is 0 Å². The molecule has 0 unspecified atom stereocenters. The van der Waals surface area contributed by atoms with Gasteiger partial charge in [-0.3, -0.25) is 9.59 Å². The highest BCUT2D eigenvalue weighted by Gasteiger charge is 2.43. The van der Waals surface area contributed by atoms with Crippen LogP contribution in [0.15, 0.2) is 18.2 Å². The van der Waals surface area contributed by atoms with Gasteiger partial charge in [0.15, 0.2) is 0 Å². The van der Waals surface area contributed by atoms with Crippen molar-refractivity contribution in [2.24, 2.45) is 0 Å². The highest BCUT2D eigenvalue weighted by molar-refractivity contribution is 5.87. The van der Waals surface area contributed by atoms with E-state index in [1.54, 1.807) is 0 Å². The molecule has 0 bridgehead atoms. The topological polar surface area (TPSA) is 78.4 Å². The van der Waals surface area contributed by atoms with Gasteiger partial charge in [0.05, 0.1) is 36.6 Å². The predicted molar refractivity (Wildman–Crippen MR) is 78.4 cm³/mol. The van der Waals surface area contributed by atoms with Crippen molar-refractivity contribution in [3.63, 3.8) is 0 Å². The number of aromatic nitrogens is 2. The maximum Gasteiger partial charge on any atom is 0.314 e. The number of carbonyl (C=O) groups excluding carboxylic acids is 2. The molecule has 1 aromatic carbocycles. The molecule has 0 radical (unpaired) electrons. The molecule has 0 aliphatic heterocycles. The lowest BCUT2D eigenvalue weighted by Crippen LogP contribution is -2.15. The van der Waals surface area contributed by atoms with Gasteiger partial charge in [-0.1, -0.05) is 6.07 Å². The first kappa shape index (κ1) is 14.4. The fourth-order valence-electron chi connectivity index (χ4n) is 2.86. The van der Waals surface area contributed by atoms with Gasteiger partial charge in [-0.05, 0) is 31.0 Å². The Morgan fingerprint density at radius 2 is 1.55 bits per heavy atom. The Bertz CT molecular complexity index is 772. The average Bonchev–Trinajstić information content (AvgIpc) is 2.89. The van der Waals surface area contributed by atoms with Crippen molar-refractivity contribution < 1.29 is 19.1 Å². The molecule has 0 amide bonds. The number of hydrogen-bond donors (Lipinski definition) is 0. The van der Waals surface area contributed by atoms with E-state index in [-0.39, 0.29) is 6.42 Å². The third kappa shape index (κ3) is 2.20. The number of methoxy groups -OCH3 is 2. The molecule has 1 aromatic heterocycles. The van der Waals surface area contributed by atoms with Crippen molar-refractivity contribution in [3.05, 3.63) is 35.2 Å². The molecule has 114 valence electrons. The van der Waals surface area contributed by atoms with E-state index in [1.807, 2.05) is 25.1 Å². The summed E-state index contributed by atoms with van der Waals surface area (Å²) in [7, 11) is 2.65. The molecular formula is C16H16N2O4. The summed E-state index contributed by atoms with van der Waals surface area (Å²) < 4.78 is 9.65. The first-order chi connectivity index (χ1) is 10.5. The zero-order valence-electron chi connectivity index (χ0n) is 12.6. The van der Waals surface area contributed by atoms with Crippen LogP contribution in [0.3, 0.4) is 0 Å². The summed E-state index contributed by atoms with van der Waals surface area (Å²) in [6, 6.07) is 5.70. The summed E-state index contributed by atoms with van der Waals surface area (Å²) in [4.78, 5) is 33.1. The molecule has 1 aliphatic rings. The van der Waals surface area contributed by atoms with E-state index in [0.717, 1.165) is 5.56 Å². The molecule has 0 N–H and O–H groups in total. The number of benzene rings is 1. The van der Waals surface area contributed by atoms with Gasteiger partial charge in [0.2, 0.25) is 0 Å². The summed E-state index contributed by atoms with van der Waals surface area (Å²) in [5.41, 5.74) is 3.49. The SMILES string of the molecule is COC(=O)[C@H]1C[C@@H](C(=O)OC)c2nc3ccc(C)cc3nc21. The van der Waals surface area contributed by atoms with Gasteiger partial charge in [0, 0.05) is 0 Å². The first-order valence-corrected chi connectivity index (χ1v) is 6.99. The van der Waals surface area contributed by atoms with Crippen molar-refractivity contribution >= 4 is 23.0 Å². The van der Waals surface area contributed by atoms with E-state index in [9.17, 15) is 9.59 Å². The average molecular weight is 300 g/mol. The molecule has 0 saturated carbocycles. The second-order valence-electron chi connectivity index (χ2n) is 5.37.